The van der Waals surface area contributed by atoms with Crippen LogP contribution in [0.15, 0.2) is 54.6 Å². The topological polar surface area (TPSA) is 69.0 Å². The van der Waals surface area contributed by atoms with E-state index in [1.165, 1.54) is 0 Å². The minimum Gasteiger partial charge on any atom is -0.497 e. The Morgan fingerprint density at radius 1 is 1.00 bits per heavy atom. The highest BCUT2D eigenvalue weighted by molar-refractivity contribution is 5.65. The van der Waals surface area contributed by atoms with Gasteiger partial charge in [-0.05, 0) is 58.9 Å². The summed E-state index contributed by atoms with van der Waals surface area (Å²) in [6, 6.07) is 17.8. The van der Waals surface area contributed by atoms with Gasteiger partial charge in [0.25, 0.3) is 0 Å². The van der Waals surface area contributed by atoms with Gasteiger partial charge in [0.05, 0.1) is 31.0 Å². The summed E-state index contributed by atoms with van der Waals surface area (Å²) < 4.78 is 19.2. The third-order valence-corrected chi connectivity index (χ3v) is 5.65. The maximum absolute atomic E-state index is 10.7. The Balaban J connectivity index is 1.93. The van der Waals surface area contributed by atoms with Gasteiger partial charge < -0.3 is 19.3 Å². The molecule has 3 aromatic rings. The van der Waals surface area contributed by atoms with Gasteiger partial charge in [0, 0.05) is 31.7 Å². The molecule has 0 spiro atoms. The number of benzene rings is 2. The number of hydrogen-bond acceptors (Lipinski definition) is 6. The average Bonchev–Trinajstić information content (AvgIpc) is 3.12. The van der Waals surface area contributed by atoms with Crippen LogP contribution in [0.4, 0.5) is 0 Å². The summed E-state index contributed by atoms with van der Waals surface area (Å²) in [6.45, 7) is 11.5. The molecule has 0 amide bonds. The first-order chi connectivity index (χ1) is 16.6. The van der Waals surface area contributed by atoms with Crippen LogP contribution < -0.4 is 9.47 Å². The van der Waals surface area contributed by atoms with Gasteiger partial charge in [-0.25, -0.2) is 4.68 Å². The van der Waals surface area contributed by atoms with Crippen molar-refractivity contribution >= 4 is 0 Å². The van der Waals surface area contributed by atoms with E-state index < -0.39 is 6.10 Å². The van der Waals surface area contributed by atoms with Crippen LogP contribution in [-0.2, 0) is 18.3 Å². The van der Waals surface area contributed by atoms with Gasteiger partial charge in [-0.3, -0.25) is 4.90 Å². The largest absolute Gasteiger partial charge is 0.497 e. The first-order valence-electron chi connectivity index (χ1n) is 12.1. The molecule has 0 aliphatic rings. The summed E-state index contributed by atoms with van der Waals surface area (Å²) in [5.74, 6) is 2.13. The lowest BCUT2D eigenvalue weighted by atomic mass is 10.1. The number of aliphatic hydroxyl groups excluding tert-OH is 1. The number of aryl methyl sites for hydroxylation is 1. The van der Waals surface area contributed by atoms with Crippen molar-refractivity contribution in [3.63, 3.8) is 0 Å². The summed E-state index contributed by atoms with van der Waals surface area (Å²) >= 11 is 0. The van der Waals surface area contributed by atoms with Gasteiger partial charge >= 0.3 is 0 Å². The number of methoxy groups -OCH3 is 1. The van der Waals surface area contributed by atoms with Gasteiger partial charge in [-0.2, -0.15) is 5.10 Å². The van der Waals surface area contributed by atoms with E-state index in [0.717, 1.165) is 22.6 Å². The maximum atomic E-state index is 10.7. The number of rotatable bonds is 11. The number of aromatic nitrogens is 2. The predicted molar refractivity (Wildman–Crippen MR) is 139 cm³/mol. The molecule has 0 aliphatic carbocycles. The minimum absolute atomic E-state index is 0.192. The van der Waals surface area contributed by atoms with Crippen LogP contribution in [0.3, 0.4) is 0 Å². The molecule has 1 heterocycles. The van der Waals surface area contributed by atoms with Crippen LogP contribution in [-0.4, -0.2) is 57.8 Å². The van der Waals surface area contributed by atoms with Crippen molar-refractivity contribution < 1.29 is 19.3 Å². The standard InChI is InChI=1S/C28H39N3O4/c1-20(2)31(17-22(32)19-34-28(3,4)5)18-25-26(21-11-9-8-10-12-21)29-30(6)27(25)35-24-15-13-23(33-7)14-16-24/h8-16,20,22,32H,17-19H2,1-7H3/t22-/m0/s1. The molecular formula is C28H39N3O4. The number of aliphatic hydroxyl groups is 1. The monoisotopic (exact) mass is 481 g/mol. The lowest BCUT2D eigenvalue weighted by Crippen LogP contribution is -2.40. The van der Waals surface area contributed by atoms with E-state index in [2.05, 4.69) is 30.9 Å². The SMILES string of the molecule is COc1ccc(Oc2c(CN(C[C@H](O)COC(C)(C)C)C(C)C)c(-c3ccccc3)nn2C)cc1. The third kappa shape index (κ3) is 7.56. The van der Waals surface area contributed by atoms with Crippen molar-refractivity contribution in [2.45, 2.75) is 58.9 Å². The minimum atomic E-state index is -0.612. The number of ether oxygens (including phenoxy) is 3. The second kappa shape index (κ2) is 11.7. The van der Waals surface area contributed by atoms with Crippen molar-refractivity contribution in [2.24, 2.45) is 7.05 Å². The lowest BCUT2D eigenvalue weighted by Gasteiger charge is -2.30. The van der Waals surface area contributed by atoms with Crippen molar-refractivity contribution in [1.29, 1.82) is 0 Å². The first kappa shape index (κ1) is 26.7. The van der Waals surface area contributed by atoms with Crippen molar-refractivity contribution in [1.82, 2.24) is 14.7 Å². The zero-order valence-electron chi connectivity index (χ0n) is 22.0. The molecule has 1 aromatic heterocycles. The number of nitrogens with zero attached hydrogens (tertiary/aromatic N) is 3. The summed E-state index contributed by atoms with van der Waals surface area (Å²) in [7, 11) is 3.53. The Labute approximate surface area is 209 Å². The van der Waals surface area contributed by atoms with E-state index in [9.17, 15) is 5.11 Å². The highest BCUT2D eigenvalue weighted by atomic mass is 16.5. The highest BCUT2D eigenvalue weighted by Gasteiger charge is 2.25. The Kier molecular flexibility index (Phi) is 8.94. The molecule has 0 bridgehead atoms. The molecule has 190 valence electrons. The molecule has 1 N–H and O–H groups in total. The Bertz CT molecular complexity index is 1060. The molecule has 7 heteroatoms. The van der Waals surface area contributed by atoms with Crippen molar-refractivity contribution in [3.05, 3.63) is 60.2 Å². The molecule has 2 aromatic carbocycles. The first-order valence-corrected chi connectivity index (χ1v) is 12.1. The Morgan fingerprint density at radius 3 is 2.20 bits per heavy atom. The molecular weight excluding hydrogens is 442 g/mol. The molecule has 0 saturated heterocycles. The fourth-order valence-electron chi connectivity index (χ4n) is 3.74. The molecule has 0 radical (unpaired) electrons. The zero-order chi connectivity index (χ0) is 25.6. The van der Waals surface area contributed by atoms with Gasteiger partial charge in [-0.15, -0.1) is 0 Å². The molecule has 35 heavy (non-hydrogen) atoms. The van der Waals surface area contributed by atoms with Crippen molar-refractivity contribution in [2.75, 3.05) is 20.3 Å². The Hall–Kier alpha value is -2.87. The van der Waals surface area contributed by atoms with Crippen LogP contribution in [0.2, 0.25) is 0 Å². The van der Waals surface area contributed by atoms with E-state index in [1.54, 1.807) is 11.8 Å². The second-order valence-electron chi connectivity index (χ2n) is 10.00. The zero-order valence-corrected chi connectivity index (χ0v) is 22.0. The smallest absolute Gasteiger partial charge is 0.222 e. The van der Waals surface area contributed by atoms with Crippen LogP contribution >= 0.6 is 0 Å². The molecule has 0 unspecified atom stereocenters. The molecule has 0 fully saturated rings. The molecule has 7 nitrogen and oxygen atoms in total. The fraction of sp³-hybridized carbons (Fsp3) is 0.464. The molecule has 3 rings (SSSR count). The van der Waals surface area contributed by atoms with Gasteiger partial charge in [0.1, 0.15) is 17.2 Å². The average molecular weight is 482 g/mol. The Morgan fingerprint density at radius 2 is 1.63 bits per heavy atom. The molecule has 1 atom stereocenters. The second-order valence-corrected chi connectivity index (χ2v) is 10.00. The summed E-state index contributed by atoms with van der Waals surface area (Å²) in [5, 5.41) is 15.5. The third-order valence-electron chi connectivity index (χ3n) is 5.65. The van der Waals surface area contributed by atoms with Gasteiger partial charge in [0.15, 0.2) is 0 Å². The quantitative estimate of drug-likeness (QED) is 0.402. The molecule has 0 saturated carbocycles. The normalized spacial score (nSPS) is 12.9. The highest BCUT2D eigenvalue weighted by Crippen LogP contribution is 2.35. The van der Waals surface area contributed by atoms with Crippen LogP contribution in [0.5, 0.6) is 17.4 Å². The van der Waals surface area contributed by atoms with E-state index in [-0.39, 0.29) is 18.2 Å². The van der Waals surface area contributed by atoms with Crippen LogP contribution in [0.25, 0.3) is 11.3 Å². The van der Waals surface area contributed by atoms with Gasteiger partial charge in [0.2, 0.25) is 5.88 Å². The predicted octanol–water partition coefficient (Wildman–Crippen LogP) is 5.27. The summed E-state index contributed by atoms with van der Waals surface area (Å²) in [6.07, 6.45) is -0.612. The molecule has 0 aliphatic heterocycles. The van der Waals surface area contributed by atoms with E-state index in [0.29, 0.717) is 24.7 Å². The van der Waals surface area contributed by atoms with Crippen LogP contribution in [0.1, 0.15) is 40.2 Å². The van der Waals surface area contributed by atoms with E-state index in [4.69, 9.17) is 19.3 Å². The van der Waals surface area contributed by atoms with Gasteiger partial charge in [-0.1, -0.05) is 30.3 Å². The van der Waals surface area contributed by atoms with Crippen molar-refractivity contribution in [3.8, 4) is 28.6 Å². The maximum Gasteiger partial charge on any atom is 0.222 e. The van der Waals surface area contributed by atoms with E-state index >= 15 is 0 Å². The summed E-state index contributed by atoms with van der Waals surface area (Å²) in [5.41, 5.74) is 2.55. The van der Waals surface area contributed by atoms with Crippen LogP contribution in [0, 0.1) is 0 Å². The van der Waals surface area contributed by atoms with E-state index in [1.807, 2.05) is 70.3 Å². The fourth-order valence-corrected chi connectivity index (χ4v) is 3.74. The summed E-state index contributed by atoms with van der Waals surface area (Å²) in [4.78, 5) is 2.22. The number of hydrogen-bond donors (Lipinski definition) is 1. The lowest BCUT2D eigenvalue weighted by molar-refractivity contribution is -0.0587.